The number of ether oxygens (including phenoxy) is 1. The lowest BCUT2D eigenvalue weighted by atomic mass is 9.79. The molecular weight excluding hydrogens is 271 g/mol. The standard InChI is InChI=1S/C14H16Cl2O2/c1-4-8-14(3,13(17)18-5-2)11-9-10(15)6-7-12(11)16/h4,6-7,9H,1,5,8H2,2-3H3. The SMILES string of the molecule is C=CCC(C)(C(=O)OCC)c1cc(Cl)ccc1Cl. The van der Waals surface area contributed by atoms with Crippen molar-refractivity contribution in [1.29, 1.82) is 0 Å². The quantitative estimate of drug-likeness (QED) is 0.593. The van der Waals surface area contributed by atoms with Gasteiger partial charge < -0.3 is 4.74 Å². The predicted molar refractivity (Wildman–Crippen MR) is 75.3 cm³/mol. The van der Waals surface area contributed by atoms with E-state index in [1.54, 1.807) is 38.1 Å². The molecule has 1 aromatic rings. The maximum Gasteiger partial charge on any atom is 0.316 e. The van der Waals surface area contributed by atoms with E-state index in [2.05, 4.69) is 6.58 Å². The van der Waals surface area contributed by atoms with Gasteiger partial charge in [0.25, 0.3) is 0 Å². The Bertz CT molecular complexity index is 457. The monoisotopic (exact) mass is 286 g/mol. The Morgan fingerprint density at radius 3 is 2.72 bits per heavy atom. The molecule has 0 spiro atoms. The van der Waals surface area contributed by atoms with E-state index in [0.29, 0.717) is 28.6 Å². The van der Waals surface area contributed by atoms with Crippen LogP contribution in [0.2, 0.25) is 10.0 Å². The van der Waals surface area contributed by atoms with Gasteiger partial charge in [-0.05, 0) is 44.0 Å². The zero-order valence-corrected chi connectivity index (χ0v) is 12.0. The second kappa shape index (κ2) is 6.26. The molecule has 0 saturated carbocycles. The molecule has 1 atom stereocenters. The van der Waals surface area contributed by atoms with Crippen LogP contribution < -0.4 is 0 Å². The van der Waals surface area contributed by atoms with E-state index in [1.165, 1.54) is 0 Å². The number of allylic oxidation sites excluding steroid dienone is 1. The average Bonchev–Trinajstić information content (AvgIpc) is 2.32. The van der Waals surface area contributed by atoms with Gasteiger partial charge in [0.1, 0.15) is 0 Å². The molecule has 2 nitrogen and oxygen atoms in total. The normalized spacial score (nSPS) is 13.8. The molecule has 1 unspecified atom stereocenters. The Kier molecular flexibility index (Phi) is 5.24. The van der Waals surface area contributed by atoms with E-state index < -0.39 is 5.41 Å². The summed E-state index contributed by atoms with van der Waals surface area (Å²) in [4.78, 5) is 12.1. The summed E-state index contributed by atoms with van der Waals surface area (Å²) in [6.45, 7) is 7.56. The van der Waals surface area contributed by atoms with Crippen LogP contribution in [0.1, 0.15) is 25.8 Å². The highest BCUT2D eigenvalue weighted by molar-refractivity contribution is 6.34. The van der Waals surface area contributed by atoms with E-state index in [1.807, 2.05) is 0 Å². The van der Waals surface area contributed by atoms with Crippen molar-refractivity contribution in [1.82, 2.24) is 0 Å². The molecule has 0 bridgehead atoms. The second-order valence-electron chi connectivity index (χ2n) is 4.17. The van der Waals surface area contributed by atoms with Crippen molar-refractivity contribution in [2.24, 2.45) is 0 Å². The van der Waals surface area contributed by atoms with E-state index in [0.717, 1.165) is 0 Å². The van der Waals surface area contributed by atoms with Gasteiger partial charge in [-0.1, -0.05) is 29.3 Å². The second-order valence-corrected chi connectivity index (χ2v) is 5.01. The number of rotatable bonds is 5. The highest BCUT2D eigenvalue weighted by Crippen LogP contribution is 2.36. The molecule has 0 N–H and O–H groups in total. The molecule has 0 heterocycles. The molecule has 1 aromatic carbocycles. The summed E-state index contributed by atoms with van der Waals surface area (Å²) in [5.41, 5.74) is -0.199. The lowest BCUT2D eigenvalue weighted by Gasteiger charge is -2.27. The molecule has 0 fully saturated rings. The van der Waals surface area contributed by atoms with Gasteiger partial charge in [0.2, 0.25) is 0 Å². The van der Waals surface area contributed by atoms with Crippen LogP contribution in [0, 0.1) is 0 Å². The van der Waals surface area contributed by atoms with Crippen molar-refractivity contribution >= 4 is 29.2 Å². The Morgan fingerprint density at radius 2 is 2.17 bits per heavy atom. The molecule has 98 valence electrons. The van der Waals surface area contributed by atoms with Crippen LogP contribution >= 0.6 is 23.2 Å². The Balaban J connectivity index is 3.29. The number of halogens is 2. The fraction of sp³-hybridized carbons (Fsp3) is 0.357. The molecule has 0 amide bonds. The van der Waals surface area contributed by atoms with Gasteiger partial charge in [-0.2, -0.15) is 0 Å². The zero-order chi connectivity index (χ0) is 13.8. The van der Waals surface area contributed by atoms with Crippen LogP contribution in [0.15, 0.2) is 30.9 Å². The smallest absolute Gasteiger partial charge is 0.316 e. The first-order valence-electron chi connectivity index (χ1n) is 5.69. The number of hydrogen-bond acceptors (Lipinski definition) is 2. The first kappa shape index (κ1) is 15.1. The van der Waals surface area contributed by atoms with Crippen molar-refractivity contribution in [2.75, 3.05) is 6.61 Å². The minimum Gasteiger partial charge on any atom is -0.465 e. The van der Waals surface area contributed by atoms with Crippen molar-refractivity contribution in [3.63, 3.8) is 0 Å². The van der Waals surface area contributed by atoms with E-state index in [9.17, 15) is 4.79 Å². The van der Waals surface area contributed by atoms with Crippen molar-refractivity contribution < 1.29 is 9.53 Å². The third kappa shape index (κ3) is 3.06. The summed E-state index contributed by atoms with van der Waals surface area (Å²) >= 11 is 12.1. The zero-order valence-electron chi connectivity index (χ0n) is 10.5. The van der Waals surface area contributed by atoms with Crippen LogP contribution in [-0.4, -0.2) is 12.6 Å². The summed E-state index contributed by atoms with van der Waals surface area (Å²) < 4.78 is 5.12. The Morgan fingerprint density at radius 1 is 1.50 bits per heavy atom. The number of carbonyl (C=O) groups excluding carboxylic acids is 1. The predicted octanol–water partition coefficient (Wildman–Crippen LogP) is 4.39. The molecule has 4 heteroatoms. The fourth-order valence-electron chi connectivity index (χ4n) is 1.80. The van der Waals surface area contributed by atoms with E-state index >= 15 is 0 Å². The van der Waals surface area contributed by atoms with Crippen LogP contribution in [0.25, 0.3) is 0 Å². The molecule has 0 radical (unpaired) electrons. The van der Waals surface area contributed by atoms with Crippen LogP contribution in [0.4, 0.5) is 0 Å². The minimum atomic E-state index is -0.861. The largest absolute Gasteiger partial charge is 0.465 e. The lowest BCUT2D eigenvalue weighted by molar-refractivity contribution is -0.149. The van der Waals surface area contributed by atoms with Crippen LogP contribution in [0.3, 0.4) is 0 Å². The molecule has 0 saturated heterocycles. The Hall–Kier alpha value is -0.990. The summed E-state index contributed by atoms with van der Waals surface area (Å²) in [7, 11) is 0. The van der Waals surface area contributed by atoms with Crippen molar-refractivity contribution in [2.45, 2.75) is 25.7 Å². The molecule has 1 rings (SSSR count). The summed E-state index contributed by atoms with van der Waals surface area (Å²) in [6.07, 6.45) is 2.11. The first-order chi connectivity index (χ1) is 8.45. The third-order valence-corrected chi connectivity index (χ3v) is 3.37. The molecule has 18 heavy (non-hydrogen) atoms. The van der Waals surface area contributed by atoms with Gasteiger partial charge in [-0.25, -0.2) is 0 Å². The van der Waals surface area contributed by atoms with Crippen molar-refractivity contribution in [3.05, 3.63) is 46.5 Å². The fourth-order valence-corrected chi connectivity index (χ4v) is 2.30. The van der Waals surface area contributed by atoms with Crippen molar-refractivity contribution in [3.8, 4) is 0 Å². The van der Waals surface area contributed by atoms with Crippen LogP contribution in [-0.2, 0) is 14.9 Å². The number of benzene rings is 1. The summed E-state index contributed by atoms with van der Waals surface area (Å²) in [6, 6.07) is 5.07. The maximum absolute atomic E-state index is 12.1. The van der Waals surface area contributed by atoms with E-state index in [-0.39, 0.29) is 5.97 Å². The number of esters is 1. The van der Waals surface area contributed by atoms with Gasteiger partial charge in [0, 0.05) is 10.0 Å². The summed E-state index contributed by atoms with van der Waals surface area (Å²) in [5.74, 6) is -0.325. The van der Waals surface area contributed by atoms with Gasteiger partial charge in [-0.3, -0.25) is 4.79 Å². The van der Waals surface area contributed by atoms with Crippen LogP contribution in [0.5, 0.6) is 0 Å². The van der Waals surface area contributed by atoms with Gasteiger partial charge in [0.15, 0.2) is 0 Å². The van der Waals surface area contributed by atoms with Gasteiger partial charge in [-0.15, -0.1) is 6.58 Å². The topological polar surface area (TPSA) is 26.3 Å². The lowest BCUT2D eigenvalue weighted by Crippen LogP contribution is -2.34. The Labute approximate surface area is 118 Å². The minimum absolute atomic E-state index is 0.323. The van der Waals surface area contributed by atoms with Gasteiger partial charge >= 0.3 is 5.97 Å². The average molecular weight is 287 g/mol. The van der Waals surface area contributed by atoms with E-state index in [4.69, 9.17) is 27.9 Å². The molecule has 0 aliphatic carbocycles. The number of hydrogen-bond donors (Lipinski definition) is 0. The molecule has 0 aliphatic heterocycles. The first-order valence-corrected chi connectivity index (χ1v) is 6.45. The third-order valence-electron chi connectivity index (χ3n) is 2.80. The molecule has 0 aliphatic rings. The molecular formula is C14H16Cl2O2. The summed E-state index contributed by atoms with van der Waals surface area (Å²) in [5, 5.41) is 1.03. The highest BCUT2D eigenvalue weighted by Gasteiger charge is 2.37. The molecule has 0 aromatic heterocycles. The maximum atomic E-state index is 12.1. The van der Waals surface area contributed by atoms with Gasteiger partial charge in [0.05, 0.1) is 12.0 Å². The highest BCUT2D eigenvalue weighted by atomic mass is 35.5. The number of carbonyl (C=O) groups is 1.